The van der Waals surface area contributed by atoms with Gasteiger partial charge in [-0.1, -0.05) is 66.7 Å². The van der Waals surface area contributed by atoms with E-state index >= 15 is 0 Å². The lowest BCUT2D eigenvalue weighted by Gasteiger charge is -2.17. The zero-order valence-electron chi connectivity index (χ0n) is 17.6. The maximum absolute atomic E-state index is 13.3. The van der Waals surface area contributed by atoms with Gasteiger partial charge in [-0.05, 0) is 30.2 Å². The van der Waals surface area contributed by atoms with Crippen LogP contribution in [0.25, 0.3) is 16.5 Å². The number of fused-ring (bicyclic) bond motifs is 1. The van der Waals surface area contributed by atoms with E-state index in [-0.39, 0.29) is 23.2 Å². The van der Waals surface area contributed by atoms with Gasteiger partial charge in [0.2, 0.25) is 0 Å². The van der Waals surface area contributed by atoms with Crippen molar-refractivity contribution in [1.82, 2.24) is 20.0 Å². The van der Waals surface area contributed by atoms with Crippen molar-refractivity contribution in [3.05, 3.63) is 107 Å². The van der Waals surface area contributed by atoms with Crippen LogP contribution in [0, 0.1) is 0 Å². The quantitative estimate of drug-likeness (QED) is 0.533. The van der Waals surface area contributed by atoms with E-state index in [9.17, 15) is 9.59 Å². The minimum atomic E-state index is -0.252. The average molecular weight is 425 g/mol. The summed E-state index contributed by atoms with van der Waals surface area (Å²) in [4.78, 5) is 28.6. The number of nitrogens with one attached hydrogen (secondary N) is 1. The molecule has 1 amide bonds. The Morgan fingerprint density at radius 1 is 0.906 bits per heavy atom. The van der Waals surface area contributed by atoms with E-state index in [0.717, 1.165) is 26.1 Å². The molecule has 1 atom stereocenters. The predicted octanol–water partition coefficient (Wildman–Crippen LogP) is 3.39. The van der Waals surface area contributed by atoms with E-state index < -0.39 is 0 Å². The van der Waals surface area contributed by atoms with Gasteiger partial charge in [-0.2, -0.15) is 9.78 Å². The first-order valence-corrected chi connectivity index (χ1v) is 10.8. The van der Waals surface area contributed by atoms with Crippen LogP contribution >= 0.6 is 0 Å². The van der Waals surface area contributed by atoms with Crippen LogP contribution in [0.15, 0.2) is 89.7 Å². The number of carbonyl (C=O) groups is 1. The van der Waals surface area contributed by atoms with Gasteiger partial charge in [-0.25, -0.2) is 0 Å². The second kappa shape index (κ2) is 8.77. The maximum atomic E-state index is 13.3. The van der Waals surface area contributed by atoms with Crippen molar-refractivity contribution in [2.45, 2.75) is 19.0 Å². The number of carbonyl (C=O) groups excluding carboxylic acids is 1. The fourth-order valence-corrected chi connectivity index (χ4v) is 4.29. The summed E-state index contributed by atoms with van der Waals surface area (Å²) in [7, 11) is 0. The van der Waals surface area contributed by atoms with Gasteiger partial charge in [0.05, 0.1) is 11.1 Å². The summed E-state index contributed by atoms with van der Waals surface area (Å²) < 4.78 is 1.31. The van der Waals surface area contributed by atoms with E-state index in [2.05, 4.69) is 27.4 Å². The van der Waals surface area contributed by atoms with Gasteiger partial charge < -0.3 is 5.32 Å². The zero-order chi connectivity index (χ0) is 21.9. The molecule has 160 valence electrons. The Morgan fingerprint density at radius 2 is 1.56 bits per heavy atom. The van der Waals surface area contributed by atoms with Gasteiger partial charge >= 0.3 is 0 Å². The molecule has 1 aliphatic rings. The highest BCUT2D eigenvalue weighted by molar-refractivity contribution is 6.05. The standard InChI is InChI=1S/C26H24N4O2/c31-25(27-20-15-16-29(18-20)17-19-9-3-1-4-10-19)24-22-13-7-8-14-23(22)26(32)30(28-24)21-11-5-2-6-12-21/h1-14,20H,15-18H2,(H,27,31). The first-order chi connectivity index (χ1) is 15.7. The highest BCUT2D eigenvalue weighted by Gasteiger charge is 2.26. The summed E-state index contributed by atoms with van der Waals surface area (Å²) in [5.41, 5.74) is 1.93. The molecule has 32 heavy (non-hydrogen) atoms. The normalized spacial score (nSPS) is 16.3. The number of rotatable bonds is 5. The van der Waals surface area contributed by atoms with Gasteiger partial charge in [0, 0.05) is 31.1 Å². The van der Waals surface area contributed by atoms with Crippen molar-refractivity contribution in [2.24, 2.45) is 0 Å². The van der Waals surface area contributed by atoms with Crippen LogP contribution in [0.5, 0.6) is 0 Å². The van der Waals surface area contributed by atoms with Crippen LogP contribution in [0.4, 0.5) is 0 Å². The fourth-order valence-electron chi connectivity index (χ4n) is 4.29. The van der Waals surface area contributed by atoms with Gasteiger partial charge in [0.15, 0.2) is 5.69 Å². The molecular formula is C26H24N4O2. The second-order valence-corrected chi connectivity index (χ2v) is 8.13. The molecule has 1 N–H and O–H groups in total. The van der Waals surface area contributed by atoms with Crippen molar-refractivity contribution in [1.29, 1.82) is 0 Å². The highest BCUT2D eigenvalue weighted by atomic mass is 16.2. The molecule has 1 aliphatic heterocycles. The second-order valence-electron chi connectivity index (χ2n) is 8.13. The number of hydrogen-bond donors (Lipinski definition) is 1. The Bertz CT molecular complexity index is 1300. The average Bonchev–Trinajstić information content (AvgIpc) is 3.27. The Labute approximate surface area is 186 Å². The first-order valence-electron chi connectivity index (χ1n) is 10.8. The van der Waals surface area contributed by atoms with E-state index in [4.69, 9.17) is 0 Å². The van der Waals surface area contributed by atoms with Crippen LogP contribution < -0.4 is 10.9 Å². The molecule has 3 aromatic carbocycles. The van der Waals surface area contributed by atoms with Crippen molar-refractivity contribution >= 4 is 16.7 Å². The maximum Gasteiger partial charge on any atom is 0.279 e. The van der Waals surface area contributed by atoms with E-state index in [1.165, 1.54) is 10.2 Å². The van der Waals surface area contributed by atoms with Gasteiger partial charge in [-0.3, -0.25) is 14.5 Å². The number of likely N-dealkylation sites (tertiary alicyclic amines) is 1. The Morgan fingerprint density at radius 3 is 2.31 bits per heavy atom. The van der Waals surface area contributed by atoms with Crippen molar-refractivity contribution < 1.29 is 4.79 Å². The van der Waals surface area contributed by atoms with Gasteiger partial charge in [0.1, 0.15) is 0 Å². The Balaban J connectivity index is 1.40. The van der Waals surface area contributed by atoms with Crippen molar-refractivity contribution in [3.8, 4) is 5.69 Å². The van der Waals surface area contributed by atoms with Crippen molar-refractivity contribution in [3.63, 3.8) is 0 Å². The highest BCUT2D eigenvalue weighted by Crippen LogP contribution is 2.17. The lowest BCUT2D eigenvalue weighted by atomic mass is 10.1. The third kappa shape index (κ3) is 4.05. The molecule has 1 unspecified atom stereocenters. The number of benzene rings is 3. The summed E-state index contributed by atoms with van der Waals surface area (Å²) in [6, 6.07) is 26.7. The molecule has 4 aromatic rings. The molecule has 0 radical (unpaired) electrons. The summed E-state index contributed by atoms with van der Waals surface area (Å²) in [5.74, 6) is -0.252. The molecule has 1 fully saturated rings. The Hall–Kier alpha value is -3.77. The van der Waals surface area contributed by atoms with Gasteiger partial charge in [0.25, 0.3) is 11.5 Å². The van der Waals surface area contributed by atoms with E-state index in [1.807, 2.05) is 54.6 Å². The smallest absolute Gasteiger partial charge is 0.279 e. The monoisotopic (exact) mass is 424 g/mol. The minimum absolute atomic E-state index is 0.0453. The molecule has 6 nitrogen and oxygen atoms in total. The largest absolute Gasteiger partial charge is 0.347 e. The molecule has 1 saturated heterocycles. The summed E-state index contributed by atoms with van der Waals surface area (Å²) >= 11 is 0. The summed E-state index contributed by atoms with van der Waals surface area (Å²) in [6.07, 6.45) is 0.884. The third-order valence-electron chi connectivity index (χ3n) is 5.88. The molecule has 6 heteroatoms. The number of para-hydroxylation sites is 1. The molecule has 0 aliphatic carbocycles. The number of aromatic nitrogens is 2. The first kappa shape index (κ1) is 20.2. The van der Waals surface area contributed by atoms with Crippen molar-refractivity contribution in [2.75, 3.05) is 13.1 Å². The molecule has 2 heterocycles. The molecular weight excluding hydrogens is 400 g/mol. The van der Waals surface area contributed by atoms with Crippen LogP contribution in [-0.4, -0.2) is 39.7 Å². The minimum Gasteiger partial charge on any atom is -0.347 e. The molecule has 0 bridgehead atoms. The van der Waals surface area contributed by atoms with Crippen LogP contribution in [-0.2, 0) is 6.54 Å². The summed E-state index contributed by atoms with van der Waals surface area (Å²) in [6.45, 7) is 2.59. The molecule has 5 rings (SSSR count). The van der Waals surface area contributed by atoms with E-state index in [1.54, 1.807) is 18.2 Å². The third-order valence-corrected chi connectivity index (χ3v) is 5.88. The lowest BCUT2D eigenvalue weighted by Crippen LogP contribution is -2.38. The lowest BCUT2D eigenvalue weighted by molar-refractivity contribution is 0.0932. The SMILES string of the molecule is O=C(NC1CCN(Cc2ccccc2)C1)c1nn(-c2ccccc2)c(=O)c2ccccc12. The van der Waals surface area contributed by atoms with Crippen LogP contribution in [0.3, 0.4) is 0 Å². The number of amides is 1. The Kier molecular flexibility index (Phi) is 5.52. The van der Waals surface area contributed by atoms with E-state index in [0.29, 0.717) is 16.5 Å². The topological polar surface area (TPSA) is 67.2 Å². The summed E-state index contributed by atoms with van der Waals surface area (Å²) in [5, 5.41) is 8.67. The molecule has 0 spiro atoms. The number of nitrogens with zero attached hydrogens (tertiary/aromatic N) is 3. The predicted molar refractivity (Wildman–Crippen MR) is 125 cm³/mol. The molecule has 0 saturated carbocycles. The zero-order valence-corrected chi connectivity index (χ0v) is 17.6. The number of hydrogen-bond acceptors (Lipinski definition) is 4. The van der Waals surface area contributed by atoms with Gasteiger partial charge in [-0.15, -0.1) is 0 Å². The molecule has 1 aromatic heterocycles. The fraction of sp³-hybridized carbons (Fsp3) is 0.192. The van der Waals surface area contributed by atoms with Crippen LogP contribution in [0.2, 0.25) is 0 Å². The van der Waals surface area contributed by atoms with Crippen LogP contribution in [0.1, 0.15) is 22.5 Å².